The van der Waals surface area contributed by atoms with Crippen molar-refractivity contribution in [2.75, 3.05) is 19.7 Å². The minimum atomic E-state index is -3.45. The van der Waals surface area contributed by atoms with Crippen molar-refractivity contribution >= 4 is 10.0 Å². The zero-order valence-electron chi connectivity index (χ0n) is 13.8. The average molecular weight is 351 g/mol. The van der Waals surface area contributed by atoms with Gasteiger partial charge in [-0.05, 0) is 31.7 Å². The molecule has 8 nitrogen and oxygen atoms in total. The van der Waals surface area contributed by atoms with Crippen molar-refractivity contribution in [3.63, 3.8) is 0 Å². The van der Waals surface area contributed by atoms with Gasteiger partial charge in [0, 0.05) is 32.4 Å². The minimum Gasteiger partial charge on any atom is -0.476 e. The zero-order chi connectivity index (χ0) is 17.2. The van der Waals surface area contributed by atoms with Gasteiger partial charge in [0.1, 0.15) is 4.90 Å². The third-order valence-corrected chi connectivity index (χ3v) is 5.98. The predicted molar refractivity (Wildman–Crippen MR) is 87.0 cm³/mol. The van der Waals surface area contributed by atoms with Crippen LogP contribution in [0.2, 0.25) is 0 Å². The predicted octanol–water partition coefficient (Wildman–Crippen LogP) is 0.998. The Morgan fingerprint density at radius 3 is 2.58 bits per heavy atom. The zero-order valence-corrected chi connectivity index (χ0v) is 14.6. The Kier molecular flexibility index (Phi) is 4.81. The smallest absolute Gasteiger partial charge is 0.246 e. The number of piperidine rings is 1. The van der Waals surface area contributed by atoms with Crippen LogP contribution in [0.3, 0.4) is 0 Å². The number of aryl methyl sites for hydroxylation is 2. The molecule has 1 fully saturated rings. The highest BCUT2D eigenvalue weighted by Crippen LogP contribution is 2.24. The van der Waals surface area contributed by atoms with Crippen LogP contribution in [0.4, 0.5) is 0 Å². The van der Waals surface area contributed by atoms with Crippen LogP contribution in [0.15, 0.2) is 29.4 Å². The first-order chi connectivity index (χ1) is 11.4. The van der Waals surface area contributed by atoms with Gasteiger partial charge >= 0.3 is 0 Å². The average Bonchev–Trinajstić information content (AvgIpc) is 3.02. The van der Waals surface area contributed by atoms with Crippen LogP contribution in [-0.4, -0.2) is 52.4 Å². The molecule has 0 spiro atoms. The van der Waals surface area contributed by atoms with Gasteiger partial charge in [0.2, 0.25) is 15.9 Å². The molecule has 0 N–H and O–H groups in total. The summed E-state index contributed by atoms with van der Waals surface area (Å²) in [5, 5.41) is 11.9. The summed E-state index contributed by atoms with van der Waals surface area (Å²) in [4.78, 5) is 0.245. The quantitative estimate of drug-likeness (QED) is 0.798. The Morgan fingerprint density at radius 2 is 2.00 bits per heavy atom. The molecule has 0 unspecified atom stereocenters. The number of nitrogens with zero attached hydrogens (tertiary/aromatic N) is 5. The number of hydrogen-bond acceptors (Lipinski definition) is 6. The summed E-state index contributed by atoms with van der Waals surface area (Å²) in [5.41, 5.74) is 0.844. The lowest BCUT2D eigenvalue weighted by molar-refractivity contribution is 0.180. The van der Waals surface area contributed by atoms with Gasteiger partial charge in [0.05, 0.1) is 18.5 Å². The monoisotopic (exact) mass is 351 g/mol. The van der Waals surface area contributed by atoms with Gasteiger partial charge in [0.15, 0.2) is 0 Å². The Bertz CT molecular complexity index is 780. The molecule has 0 amide bonds. The van der Waals surface area contributed by atoms with Crippen molar-refractivity contribution in [2.45, 2.75) is 24.7 Å². The molecule has 1 saturated heterocycles. The van der Waals surface area contributed by atoms with Crippen molar-refractivity contribution in [1.29, 1.82) is 0 Å². The molecule has 130 valence electrons. The van der Waals surface area contributed by atoms with E-state index >= 15 is 0 Å². The number of sulfonamides is 1. The van der Waals surface area contributed by atoms with Crippen LogP contribution >= 0.6 is 0 Å². The van der Waals surface area contributed by atoms with Crippen molar-refractivity contribution in [2.24, 2.45) is 13.0 Å². The van der Waals surface area contributed by atoms with E-state index in [1.54, 1.807) is 13.1 Å². The van der Waals surface area contributed by atoms with Gasteiger partial charge in [-0.25, -0.2) is 8.42 Å². The molecule has 2 aromatic heterocycles. The molecular weight excluding hydrogens is 330 g/mol. The summed E-state index contributed by atoms with van der Waals surface area (Å²) in [6.07, 6.45) is 4.44. The van der Waals surface area contributed by atoms with Gasteiger partial charge in [-0.15, -0.1) is 5.10 Å². The first kappa shape index (κ1) is 16.8. The van der Waals surface area contributed by atoms with Crippen molar-refractivity contribution in [3.8, 4) is 5.88 Å². The molecule has 9 heteroatoms. The van der Waals surface area contributed by atoms with E-state index in [1.165, 1.54) is 21.4 Å². The Labute approximate surface area is 141 Å². The van der Waals surface area contributed by atoms with E-state index in [-0.39, 0.29) is 4.90 Å². The van der Waals surface area contributed by atoms with Crippen molar-refractivity contribution in [3.05, 3.63) is 30.2 Å². The number of aromatic nitrogens is 4. The summed E-state index contributed by atoms with van der Waals surface area (Å²) in [6, 6.07) is 3.65. The standard InChI is InChI=1S/C15H21N5O3S/c1-12-3-4-15(18-17-12)23-11-13-5-7-20(8-6-13)24(21,22)14-9-16-19(2)10-14/h3-4,9-10,13H,5-8,11H2,1-2H3. The third kappa shape index (κ3) is 3.73. The maximum atomic E-state index is 12.5. The summed E-state index contributed by atoms with van der Waals surface area (Å²) < 4.78 is 33.8. The minimum absolute atomic E-state index is 0.245. The molecule has 3 rings (SSSR count). The van der Waals surface area contributed by atoms with Crippen LogP contribution in [0.1, 0.15) is 18.5 Å². The van der Waals surface area contributed by atoms with Crippen LogP contribution < -0.4 is 4.74 Å². The largest absolute Gasteiger partial charge is 0.476 e. The summed E-state index contributed by atoms with van der Waals surface area (Å²) in [7, 11) is -1.74. The second kappa shape index (κ2) is 6.86. The molecule has 0 aromatic carbocycles. The first-order valence-electron chi connectivity index (χ1n) is 7.87. The van der Waals surface area contributed by atoms with Gasteiger partial charge in [-0.3, -0.25) is 4.68 Å². The molecule has 0 bridgehead atoms. The van der Waals surface area contributed by atoms with Crippen LogP contribution in [-0.2, 0) is 17.1 Å². The Balaban J connectivity index is 1.53. The fraction of sp³-hybridized carbons (Fsp3) is 0.533. The van der Waals surface area contributed by atoms with Gasteiger partial charge in [-0.2, -0.15) is 14.5 Å². The van der Waals surface area contributed by atoms with E-state index in [0.717, 1.165) is 18.5 Å². The third-order valence-electron chi connectivity index (χ3n) is 4.13. The number of rotatable bonds is 5. The van der Waals surface area contributed by atoms with E-state index in [2.05, 4.69) is 15.3 Å². The number of hydrogen-bond donors (Lipinski definition) is 0. The highest BCUT2D eigenvalue weighted by molar-refractivity contribution is 7.89. The molecule has 1 aliphatic heterocycles. The molecule has 0 aliphatic carbocycles. The van der Waals surface area contributed by atoms with Gasteiger partial charge in [0.25, 0.3) is 0 Å². The summed E-state index contributed by atoms with van der Waals surface area (Å²) in [5.74, 6) is 0.819. The van der Waals surface area contributed by atoms with Gasteiger partial charge in [-0.1, -0.05) is 0 Å². The highest BCUT2D eigenvalue weighted by Gasteiger charge is 2.30. The second-order valence-corrected chi connectivity index (χ2v) is 7.96. The second-order valence-electron chi connectivity index (χ2n) is 6.02. The lowest BCUT2D eigenvalue weighted by Gasteiger charge is -2.30. The Morgan fingerprint density at radius 1 is 1.25 bits per heavy atom. The molecule has 24 heavy (non-hydrogen) atoms. The molecule has 1 aliphatic rings. The molecule has 2 aromatic rings. The molecule has 0 radical (unpaired) electrons. The van der Waals surface area contributed by atoms with E-state index in [9.17, 15) is 8.42 Å². The number of ether oxygens (including phenoxy) is 1. The van der Waals surface area contributed by atoms with Gasteiger partial charge < -0.3 is 4.74 Å². The maximum absolute atomic E-state index is 12.5. The normalized spacial score (nSPS) is 17.1. The lowest BCUT2D eigenvalue weighted by Crippen LogP contribution is -2.39. The molecule has 0 atom stereocenters. The fourth-order valence-corrected chi connectivity index (χ4v) is 4.12. The molecule has 0 saturated carbocycles. The summed E-state index contributed by atoms with van der Waals surface area (Å²) in [6.45, 7) is 3.38. The maximum Gasteiger partial charge on any atom is 0.246 e. The van der Waals surface area contributed by atoms with E-state index < -0.39 is 10.0 Å². The molecular formula is C15H21N5O3S. The highest BCUT2D eigenvalue weighted by atomic mass is 32.2. The lowest BCUT2D eigenvalue weighted by atomic mass is 9.99. The van der Waals surface area contributed by atoms with E-state index in [1.807, 2.05) is 13.0 Å². The van der Waals surface area contributed by atoms with Crippen LogP contribution in [0.5, 0.6) is 5.88 Å². The van der Waals surface area contributed by atoms with Crippen LogP contribution in [0, 0.1) is 12.8 Å². The fourth-order valence-electron chi connectivity index (χ4n) is 2.66. The van der Waals surface area contributed by atoms with Crippen molar-refractivity contribution in [1.82, 2.24) is 24.3 Å². The topological polar surface area (TPSA) is 90.2 Å². The van der Waals surface area contributed by atoms with E-state index in [0.29, 0.717) is 31.5 Å². The van der Waals surface area contributed by atoms with Crippen molar-refractivity contribution < 1.29 is 13.2 Å². The first-order valence-corrected chi connectivity index (χ1v) is 9.31. The molecule has 3 heterocycles. The summed E-state index contributed by atoms with van der Waals surface area (Å²) >= 11 is 0. The van der Waals surface area contributed by atoms with E-state index in [4.69, 9.17) is 4.74 Å². The van der Waals surface area contributed by atoms with Crippen LogP contribution in [0.25, 0.3) is 0 Å². The Hall–Kier alpha value is -2.00. The SMILES string of the molecule is Cc1ccc(OCC2CCN(S(=O)(=O)c3cnn(C)c3)CC2)nn1.